The first kappa shape index (κ1) is 11.5. The van der Waals surface area contributed by atoms with Crippen LogP contribution in [0.4, 0.5) is 0 Å². The van der Waals surface area contributed by atoms with Gasteiger partial charge in [0.25, 0.3) is 0 Å². The van der Waals surface area contributed by atoms with E-state index in [4.69, 9.17) is 5.26 Å². The second-order valence-corrected chi connectivity index (χ2v) is 10.3. The Balaban J connectivity index is 4.33. The van der Waals surface area contributed by atoms with Crippen molar-refractivity contribution in [1.29, 1.82) is 5.26 Å². The fourth-order valence-electron chi connectivity index (χ4n) is 0.897. The van der Waals surface area contributed by atoms with Gasteiger partial charge in [0.2, 0.25) is 0 Å². The molecule has 0 radical (unpaired) electrons. The van der Waals surface area contributed by atoms with Crippen molar-refractivity contribution < 1.29 is 0 Å². The van der Waals surface area contributed by atoms with Gasteiger partial charge in [-0.15, -0.1) is 0 Å². The molecule has 0 N–H and O–H groups in total. The summed E-state index contributed by atoms with van der Waals surface area (Å²) in [6, 6.07) is 0. The van der Waals surface area contributed by atoms with Gasteiger partial charge < -0.3 is 4.57 Å². The Bertz CT molecular complexity index is 180. The molecule has 0 saturated heterocycles. The molecule has 0 saturated carbocycles. The standard InChI is InChI=1S/C9H20N2Si/c1-9(2,3)7-11(8-10)12(4,5)6/h7H2,1-6H3. The van der Waals surface area contributed by atoms with E-state index < -0.39 is 8.24 Å². The highest BCUT2D eigenvalue weighted by Gasteiger charge is 2.26. The smallest absolute Gasteiger partial charge is 0.170 e. The first-order valence-electron chi connectivity index (χ1n) is 4.34. The number of nitrogens with zero attached hydrogens (tertiary/aromatic N) is 2. The third-order valence-electron chi connectivity index (χ3n) is 1.56. The van der Waals surface area contributed by atoms with Crippen LogP contribution in [0.3, 0.4) is 0 Å². The molecule has 0 aliphatic heterocycles. The van der Waals surface area contributed by atoms with E-state index in [1.54, 1.807) is 0 Å². The second kappa shape index (κ2) is 3.49. The molecule has 0 atom stereocenters. The molecular formula is C9H20N2Si. The zero-order valence-electron chi connectivity index (χ0n) is 9.10. The Morgan fingerprint density at radius 1 is 1.25 bits per heavy atom. The van der Waals surface area contributed by atoms with Crippen molar-refractivity contribution in [2.45, 2.75) is 40.4 Å². The first-order valence-corrected chi connectivity index (χ1v) is 7.79. The molecule has 0 heterocycles. The van der Waals surface area contributed by atoms with Gasteiger partial charge in [0.15, 0.2) is 14.4 Å². The van der Waals surface area contributed by atoms with E-state index in [1.807, 2.05) is 4.57 Å². The maximum absolute atomic E-state index is 8.94. The van der Waals surface area contributed by atoms with Gasteiger partial charge in [0, 0.05) is 6.54 Å². The number of hydrogen-bond donors (Lipinski definition) is 0. The Morgan fingerprint density at radius 2 is 1.67 bits per heavy atom. The van der Waals surface area contributed by atoms with Gasteiger partial charge in [-0.1, -0.05) is 40.4 Å². The fraction of sp³-hybridized carbons (Fsp3) is 0.889. The lowest BCUT2D eigenvalue weighted by atomic mass is 9.97. The minimum absolute atomic E-state index is 0.218. The third-order valence-corrected chi connectivity index (χ3v) is 3.44. The van der Waals surface area contributed by atoms with Crippen molar-refractivity contribution in [3.8, 4) is 6.19 Å². The van der Waals surface area contributed by atoms with Crippen LogP contribution < -0.4 is 0 Å². The molecule has 0 aromatic carbocycles. The van der Waals surface area contributed by atoms with E-state index in [9.17, 15) is 0 Å². The molecule has 0 aromatic heterocycles. The lowest BCUT2D eigenvalue weighted by molar-refractivity contribution is 0.332. The minimum atomic E-state index is -1.42. The lowest BCUT2D eigenvalue weighted by Gasteiger charge is -2.34. The van der Waals surface area contributed by atoms with Crippen LogP contribution >= 0.6 is 0 Å². The number of hydrogen-bond acceptors (Lipinski definition) is 2. The van der Waals surface area contributed by atoms with Gasteiger partial charge in [-0.05, 0) is 5.41 Å². The molecule has 0 bridgehead atoms. The van der Waals surface area contributed by atoms with Gasteiger partial charge in [-0.2, -0.15) is 5.26 Å². The van der Waals surface area contributed by atoms with Gasteiger partial charge in [0.1, 0.15) is 0 Å². The summed E-state index contributed by atoms with van der Waals surface area (Å²) in [6.07, 6.45) is 2.29. The van der Waals surface area contributed by atoms with Crippen LogP contribution in [0.1, 0.15) is 20.8 Å². The predicted octanol–water partition coefficient (Wildman–Crippen LogP) is 2.65. The summed E-state index contributed by atoms with van der Waals surface area (Å²) in [5.74, 6) is 0. The van der Waals surface area contributed by atoms with Gasteiger partial charge in [-0.25, -0.2) is 0 Å². The first-order chi connectivity index (χ1) is 5.17. The van der Waals surface area contributed by atoms with Gasteiger partial charge >= 0.3 is 0 Å². The molecule has 0 aromatic rings. The molecule has 0 rings (SSSR count). The van der Waals surface area contributed by atoms with Crippen LogP contribution in [0.5, 0.6) is 0 Å². The van der Waals surface area contributed by atoms with E-state index in [0.29, 0.717) is 0 Å². The Morgan fingerprint density at radius 3 is 1.75 bits per heavy atom. The maximum Gasteiger partial charge on any atom is 0.170 e. The predicted molar refractivity (Wildman–Crippen MR) is 55.1 cm³/mol. The van der Waals surface area contributed by atoms with Crippen LogP contribution in [0.15, 0.2) is 0 Å². The van der Waals surface area contributed by atoms with E-state index in [-0.39, 0.29) is 5.41 Å². The molecule has 70 valence electrons. The topological polar surface area (TPSA) is 27.0 Å². The normalized spacial score (nSPS) is 12.4. The summed E-state index contributed by atoms with van der Waals surface area (Å²) in [5.41, 5.74) is 0.218. The SMILES string of the molecule is CC(C)(C)CN(C#N)[Si](C)(C)C. The third kappa shape index (κ3) is 4.40. The van der Waals surface area contributed by atoms with Crippen molar-refractivity contribution in [3.63, 3.8) is 0 Å². The van der Waals surface area contributed by atoms with E-state index in [0.717, 1.165) is 6.54 Å². The Hall–Kier alpha value is -0.493. The highest BCUT2D eigenvalue weighted by Crippen LogP contribution is 2.19. The van der Waals surface area contributed by atoms with Crippen molar-refractivity contribution in [2.24, 2.45) is 5.41 Å². The van der Waals surface area contributed by atoms with Crippen LogP contribution in [0, 0.1) is 16.9 Å². The van der Waals surface area contributed by atoms with E-state index >= 15 is 0 Å². The minimum Gasteiger partial charge on any atom is -0.337 e. The molecule has 2 nitrogen and oxygen atoms in total. The van der Waals surface area contributed by atoms with Crippen molar-refractivity contribution in [3.05, 3.63) is 0 Å². The Kier molecular flexibility index (Phi) is 3.34. The summed E-state index contributed by atoms with van der Waals surface area (Å²) >= 11 is 0. The quantitative estimate of drug-likeness (QED) is 0.375. The Labute approximate surface area is 77.3 Å². The molecule has 12 heavy (non-hydrogen) atoms. The number of nitriles is 1. The van der Waals surface area contributed by atoms with Crippen LogP contribution in [0.25, 0.3) is 0 Å². The van der Waals surface area contributed by atoms with Crippen molar-refractivity contribution in [1.82, 2.24) is 4.57 Å². The summed E-state index contributed by atoms with van der Waals surface area (Å²) in [6.45, 7) is 14.0. The maximum atomic E-state index is 8.94. The number of rotatable bonds is 2. The summed E-state index contributed by atoms with van der Waals surface area (Å²) in [7, 11) is -1.42. The lowest BCUT2D eigenvalue weighted by Crippen LogP contribution is -2.46. The molecule has 0 spiro atoms. The monoisotopic (exact) mass is 184 g/mol. The summed E-state index contributed by atoms with van der Waals surface area (Å²) in [4.78, 5) is 0. The summed E-state index contributed by atoms with van der Waals surface area (Å²) in [5, 5.41) is 8.94. The largest absolute Gasteiger partial charge is 0.337 e. The average molecular weight is 184 g/mol. The molecule has 3 heteroatoms. The molecule has 0 amide bonds. The van der Waals surface area contributed by atoms with Crippen LogP contribution in [-0.4, -0.2) is 19.3 Å². The van der Waals surface area contributed by atoms with Crippen molar-refractivity contribution in [2.75, 3.05) is 6.54 Å². The highest BCUT2D eigenvalue weighted by molar-refractivity contribution is 6.73. The fourth-order valence-corrected chi connectivity index (χ4v) is 2.15. The van der Waals surface area contributed by atoms with Gasteiger partial charge in [-0.3, -0.25) is 0 Å². The zero-order chi connectivity index (χ0) is 9.99. The van der Waals surface area contributed by atoms with Crippen molar-refractivity contribution >= 4 is 8.24 Å². The second-order valence-electron chi connectivity index (χ2n) is 5.42. The molecule has 0 aliphatic rings. The van der Waals surface area contributed by atoms with E-state index in [1.165, 1.54) is 0 Å². The highest BCUT2D eigenvalue weighted by atomic mass is 28.3. The van der Waals surface area contributed by atoms with E-state index in [2.05, 4.69) is 46.6 Å². The van der Waals surface area contributed by atoms with Crippen LogP contribution in [0.2, 0.25) is 19.6 Å². The average Bonchev–Trinajstić information content (AvgIpc) is 1.78. The molecule has 0 unspecified atom stereocenters. The summed E-state index contributed by atoms with van der Waals surface area (Å²) < 4.78 is 1.97. The molecule has 0 aliphatic carbocycles. The zero-order valence-corrected chi connectivity index (χ0v) is 10.1. The molecule has 0 fully saturated rings. The van der Waals surface area contributed by atoms with Crippen LogP contribution in [-0.2, 0) is 0 Å². The molecular weight excluding hydrogens is 164 g/mol. The van der Waals surface area contributed by atoms with Gasteiger partial charge in [0.05, 0.1) is 0 Å².